The van der Waals surface area contributed by atoms with Gasteiger partial charge < -0.3 is 10.1 Å². The van der Waals surface area contributed by atoms with Crippen LogP contribution >= 0.6 is 0 Å². The first-order valence-corrected chi connectivity index (χ1v) is 10.6. The fraction of sp³-hybridized carbons (Fsp3) is 0. The number of rotatable bonds is 3. The lowest BCUT2D eigenvalue weighted by atomic mass is 9.87. The highest BCUT2D eigenvalue weighted by molar-refractivity contribution is 6.16. The van der Waals surface area contributed by atoms with Crippen molar-refractivity contribution in [1.82, 2.24) is 9.97 Å². The number of aromatic nitrogens is 2. The number of benzene rings is 4. The summed E-state index contributed by atoms with van der Waals surface area (Å²) in [5.41, 5.74) is 8.01. The van der Waals surface area contributed by atoms with Gasteiger partial charge in [-0.25, -0.2) is 0 Å². The van der Waals surface area contributed by atoms with Gasteiger partial charge in [-0.1, -0.05) is 72.8 Å². The Bertz CT molecular complexity index is 1580. The summed E-state index contributed by atoms with van der Waals surface area (Å²) < 4.78 is 0. The Labute approximate surface area is 185 Å². The molecule has 0 bridgehead atoms. The summed E-state index contributed by atoms with van der Waals surface area (Å²) >= 11 is 0. The quantitative estimate of drug-likeness (QED) is 0.318. The van der Waals surface area contributed by atoms with Gasteiger partial charge in [0.15, 0.2) is 0 Å². The van der Waals surface area contributed by atoms with Crippen molar-refractivity contribution in [3.05, 3.63) is 109 Å². The SMILES string of the molecule is Oc1ccccc1-c1c(-c2ccccn2)cccc1-c1cccc2[nH]c3ccccc3c12. The van der Waals surface area contributed by atoms with Crippen LogP contribution in [0.3, 0.4) is 0 Å². The summed E-state index contributed by atoms with van der Waals surface area (Å²) in [6, 6.07) is 34.4. The Balaban J connectivity index is 1.75. The Morgan fingerprint density at radius 3 is 2.12 bits per heavy atom. The van der Waals surface area contributed by atoms with E-state index < -0.39 is 0 Å². The van der Waals surface area contributed by atoms with Crippen molar-refractivity contribution in [3.8, 4) is 39.3 Å². The molecule has 6 rings (SSSR count). The number of aromatic amines is 1. The molecule has 0 saturated heterocycles. The highest BCUT2D eigenvalue weighted by Gasteiger charge is 2.19. The van der Waals surface area contributed by atoms with Crippen molar-refractivity contribution in [2.75, 3.05) is 0 Å². The van der Waals surface area contributed by atoms with Crippen LogP contribution in [0.25, 0.3) is 55.3 Å². The van der Waals surface area contributed by atoms with Gasteiger partial charge in [0, 0.05) is 44.7 Å². The predicted molar refractivity (Wildman–Crippen MR) is 132 cm³/mol. The third-order valence-corrected chi connectivity index (χ3v) is 6.00. The van der Waals surface area contributed by atoms with Crippen LogP contribution in [0.4, 0.5) is 0 Å². The topological polar surface area (TPSA) is 48.9 Å². The zero-order chi connectivity index (χ0) is 21.5. The van der Waals surface area contributed by atoms with E-state index in [2.05, 4.69) is 64.6 Å². The first kappa shape index (κ1) is 18.4. The van der Waals surface area contributed by atoms with E-state index in [1.54, 1.807) is 12.3 Å². The molecule has 32 heavy (non-hydrogen) atoms. The van der Waals surface area contributed by atoms with Crippen LogP contribution in [0.2, 0.25) is 0 Å². The summed E-state index contributed by atoms with van der Waals surface area (Å²) in [6.45, 7) is 0. The second-order valence-electron chi connectivity index (χ2n) is 7.86. The van der Waals surface area contributed by atoms with E-state index in [1.165, 1.54) is 10.8 Å². The maximum Gasteiger partial charge on any atom is 0.123 e. The standard InChI is InChI=1S/C29H20N2O/c32-27-17-4-2-10-23(27)28-19(11-7-13-21(28)24-14-5-6-18-30-24)20-12-8-16-26-29(20)22-9-1-3-15-25(22)31-26/h1-18,31-32H. The number of H-pyrrole nitrogens is 1. The number of hydrogen-bond donors (Lipinski definition) is 2. The lowest BCUT2D eigenvalue weighted by Crippen LogP contribution is -1.93. The molecule has 4 aromatic carbocycles. The number of pyridine rings is 1. The van der Waals surface area contributed by atoms with Crippen molar-refractivity contribution in [1.29, 1.82) is 0 Å². The zero-order valence-electron chi connectivity index (χ0n) is 17.3. The molecule has 0 aliphatic rings. The minimum atomic E-state index is 0.253. The van der Waals surface area contributed by atoms with Gasteiger partial charge in [-0.15, -0.1) is 0 Å². The molecule has 152 valence electrons. The number of fused-ring (bicyclic) bond motifs is 3. The maximum absolute atomic E-state index is 10.8. The van der Waals surface area contributed by atoms with E-state index >= 15 is 0 Å². The van der Waals surface area contributed by atoms with E-state index in [-0.39, 0.29) is 5.75 Å². The number of hydrogen-bond acceptors (Lipinski definition) is 2. The third-order valence-electron chi connectivity index (χ3n) is 6.00. The minimum absolute atomic E-state index is 0.253. The Kier molecular flexibility index (Phi) is 4.25. The van der Waals surface area contributed by atoms with Crippen LogP contribution < -0.4 is 0 Å². The molecule has 0 fully saturated rings. The molecule has 0 aliphatic carbocycles. The Morgan fingerprint density at radius 1 is 0.562 bits per heavy atom. The molecule has 0 unspecified atom stereocenters. The number of phenols is 1. The molecule has 0 atom stereocenters. The molecule has 2 aromatic heterocycles. The molecule has 0 amide bonds. The lowest BCUT2D eigenvalue weighted by Gasteiger charge is -2.17. The van der Waals surface area contributed by atoms with Crippen molar-refractivity contribution in [2.24, 2.45) is 0 Å². The van der Waals surface area contributed by atoms with Gasteiger partial charge in [0.05, 0.1) is 5.69 Å². The van der Waals surface area contributed by atoms with Crippen LogP contribution in [-0.4, -0.2) is 15.1 Å². The minimum Gasteiger partial charge on any atom is -0.507 e. The van der Waals surface area contributed by atoms with E-state index in [1.807, 2.05) is 42.5 Å². The molecule has 3 heteroatoms. The molecule has 0 saturated carbocycles. The number of nitrogens with one attached hydrogen (secondary N) is 1. The number of phenolic OH excluding ortho intramolecular Hbond substituents is 1. The maximum atomic E-state index is 10.8. The molecule has 0 aliphatic heterocycles. The smallest absolute Gasteiger partial charge is 0.123 e. The molecule has 2 heterocycles. The van der Waals surface area contributed by atoms with E-state index in [0.717, 1.165) is 44.5 Å². The first-order chi connectivity index (χ1) is 15.8. The van der Waals surface area contributed by atoms with Crippen LogP contribution in [0.5, 0.6) is 5.75 Å². The van der Waals surface area contributed by atoms with Gasteiger partial charge in [-0.05, 0) is 41.5 Å². The molecular weight excluding hydrogens is 392 g/mol. The predicted octanol–water partition coefficient (Wildman–Crippen LogP) is 7.42. The molecular formula is C29H20N2O. The average molecular weight is 412 g/mol. The monoisotopic (exact) mass is 412 g/mol. The first-order valence-electron chi connectivity index (χ1n) is 10.6. The van der Waals surface area contributed by atoms with Crippen molar-refractivity contribution in [2.45, 2.75) is 0 Å². The molecule has 6 aromatic rings. The highest BCUT2D eigenvalue weighted by Crippen LogP contribution is 2.45. The van der Waals surface area contributed by atoms with Gasteiger partial charge in [-0.2, -0.15) is 0 Å². The lowest BCUT2D eigenvalue weighted by molar-refractivity contribution is 0.477. The van der Waals surface area contributed by atoms with Crippen LogP contribution in [0, 0.1) is 0 Å². The van der Waals surface area contributed by atoms with E-state index in [0.29, 0.717) is 0 Å². The van der Waals surface area contributed by atoms with E-state index in [9.17, 15) is 5.11 Å². The Morgan fingerprint density at radius 2 is 1.25 bits per heavy atom. The largest absolute Gasteiger partial charge is 0.507 e. The molecule has 3 nitrogen and oxygen atoms in total. The van der Waals surface area contributed by atoms with Crippen molar-refractivity contribution in [3.63, 3.8) is 0 Å². The van der Waals surface area contributed by atoms with Crippen LogP contribution in [-0.2, 0) is 0 Å². The van der Waals surface area contributed by atoms with Crippen LogP contribution in [0.1, 0.15) is 0 Å². The van der Waals surface area contributed by atoms with E-state index in [4.69, 9.17) is 0 Å². The highest BCUT2D eigenvalue weighted by atomic mass is 16.3. The molecule has 0 spiro atoms. The molecule has 2 N–H and O–H groups in total. The van der Waals surface area contributed by atoms with Gasteiger partial charge in [0.25, 0.3) is 0 Å². The summed E-state index contributed by atoms with van der Waals surface area (Å²) in [7, 11) is 0. The Hall–Kier alpha value is -4.37. The van der Waals surface area contributed by atoms with Gasteiger partial charge in [0.1, 0.15) is 5.75 Å². The fourth-order valence-corrected chi connectivity index (χ4v) is 4.61. The number of aromatic hydroxyl groups is 1. The average Bonchev–Trinajstić information content (AvgIpc) is 3.23. The molecule has 0 radical (unpaired) electrons. The van der Waals surface area contributed by atoms with Gasteiger partial charge in [0.2, 0.25) is 0 Å². The zero-order valence-corrected chi connectivity index (χ0v) is 17.3. The summed E-state index contributed by atoms with van der Waals surface area (Å²) in [4.78, 5) is 8.16. The van der Waals surface area contributed by atoms with Crippen LogP contribution in [0.15, 0.2) is 109 Å². The third kappa shape index (κ3) is 2.87. The summed E-state index contributed by atoms with van der Waals surface area (Å²) in [6.07, 6.45) is 1.80. The van der Waals surface area contributed by atoms with Crippen molar-refractivity contribution >= 4 is 21.8 Å². The van der Waals surface area contributed by atoms with Gasteiger partial charge in [-0.3, -0.25) is 4.98 Å². The van der Waals surface area contributed by atoms with Gasteiger partial charge >= 0.3 is 0 Å². The van der Waals surface area contributed by atoms with Crippen molar-refractivity contribution < 1.29 is 5.11 Å². The summed E-state index contributed by atoms with van der Waals surface area (Å²) in [5, 5.41) is 13.2. The normalized spacial score (nSPS) is 11.2. The number of para-hydroxylation sites is 2. The summed E-state index contributed by atoms with van der Waals surface area (Å²) in [5.74, 6) is 0.253. The second kappa shape index (κ2) is 7.40. The number of nitrogens with zero attached hydrogens (tertiary/aromatic N) is 1. The fourth-order valence-electron chi connectivity index (χ4n) is 4.61. The second-order valence-corrected chi connectivity index (χ2v) is 7.86.